The molecule has 6 rings (SSSR count). The summed E-state index contributed by atoms with van der Waals surface area (Å²) >= 11 is 0. The monoisotopic (exact) mass is 703 g/mol. The highest BCUT2D eigenvalue weighted by Crippen LogP contribution is 2.47. The summed E-state index contributed by atoms with van der Waals surface area (Å²) in [6.07, 6.45) is 52.2. The molecule has 0 aromatic heterocycles. The molecule has 4 fully saturated rings. The molecule has 0 amide bonds. The van der Waals surface area contributed by atoms with E-state index in [-0.39, 0.29) is 0 Å². The summed E-state index contributed by atoms with van der Waals surface area (Å²) in [5.41, 5.74) is 3.58. The molecule has 1 nitrogen and oxygen atoms in total. The lowest BCUT2D eigenvalue weighted by Crippen LogP contribution is -2.28. The van der Waals surface area contributed by atoms with Crippen LogP contribution >= 0.6 is 0 Å². The summed E-state index contributed by atoms with van der Waals surface area (Å²) in [5, 5.41) is 0. The highest BCUT2D eigenvalue weighted by atomic mass is 16.5. The molecule has 2 atom stereocenters. The zero-order chi connectivity index (χ0) is 35.1. The fraction of sp³-hybridized carbons (Fsp3) is 0.920. The Hall–Kier alpha value is -0.560. The Kier molecular flexibility index (Phi) is 17.4. The Morgan fingerprint density at radius 3 is 1.04 bits per heavy atom. The number of allylic oxidation sites excluding steroid dienone is 4. The average Bonchev–Trinajstić information content (AvgIpc) is 3.20. The highest BCUT2D eigenvalue weighted by Gasteiger charge is 2.35. The van der Waals surface area contributed by atoms with Gasteiger partial charge < -0.3 is 4.74 Å². The molecule has 0 saturated heterocycles. The highest BCUT2D eigenvalue weighted by molar-refractivity contribution is 5.08. The molecule has 0 aromatic rings. The van der Waals surface area contributed by atoms with Crippen molar-refractivity contribution >= 4 is 0 Å². The lowest BCUT2D eigenvalue weighted by molar-refractivity contribution is 0.120. The molecule has 0 spiro atoms. The molecule has 2 unspecified atom stereocenters. The van der Waals surface area contributed by atoms with Gasteiger partial charge in [0, 0.05) is 13.2 Å². The topological polar surface area (TPSA) is 9.23 Å². The number of hydrogen-bond acceptors (Lipinski definition) is 1. The van der Waals surface area contributed by atoms with Gasteiger partial charge >= 0.3 is 0 Å². The van der Waals surface area contributed by atoms with E-state index in [2.05, 4.69) is 26.0 Å². The van der Waals surface area contributed by atoms with E-state index in [1.807, 2.05) is 0 Å². The first-order chi connectivity index (χ1) is 25.2. The van der Waals surface area contributed by atoms with Crippen molar-refractivity contribution in [2.45, 2.75) is 219 Å². The molecular weight excluding hydrogens is 617 g/mol. The first-order valence-corrected chi connectivity index (χ1v) is 24.1. The third-order valence-electron chi connectivity index (χ3n) is 16.9. The molecule has 0 N–H and O–H groups in total. The quantitative estimate of drug-likeness (QED) is 0.102. The zero-order valence-corrected chi connectivity index (χ0v) is 34.4. The Morgan fingerprint density at radius 1 is 0.392 bits per heavy atom. The molecule has 1 heteroatoms. The number of hydrogen-bond donors (Lipinski definition) is 0. The normalized spacial score (nSPS) is 36.7. The summed E-state index contributed by atoms with van der Waals surface area (Å²) < 4.78 is 6.06. The van der Waals surface area contributed by atoms with Gasteiger partial charge in [-0.1, -0.05) is 88.5 Å². The molecule has 6 aliphatic rings. The van der Waals surface area contributed by atoms with Gasteiger partial charge in [0.1, 0.15) is 0 Å². The SMILES string of the molecule is CCC1CCC(C2CCC(C3CC=C(CCCCCOCCCCCC4=CCC(C5CCC(C6CCC(CC)CC6)CC5)CC4)CC3)CC2)CC1. The Labute approximate surface area is 318 Å². The van der Waals surface area contributed by atoms with Crippen LogP contribution in [0, 0.1) is 59.2 Å². The number of ether oxygens (including phenoxy) is 1. The van der Waals surface area contributed by atoms with Crippen LogP contribution in [0.5, 0.6) is 0 Å². The zero-order valence-electron chi connectivity index (χ0n) is 34.4. The molecule has 0 bridgehead atoms. The summed E-state index contributed by atoms with van der Waals surface area (Å²) in [5.74, 6) is 10.5. The van der Waals surface area contributed by atoms with E-state index in [4.69, 9.17) is 4.74 Å². The first-order valence-electron chi connectivity index (χ1n) is 24.1. The number of unbranched alkanes of at least 4 members (excludes halogenated alkanes) is 4. The second-order valence-electron chi connectivity index (χ2n) is 19.8. The predicted molar refractivity (Wildman–Crippen MR) is 221 cm³/mol. The van der Waals surface area contributed by atoms with Gasteiger partial charge in [-0.2, -0.15) is 0 Å². The predicted octanol–water partition coefficient (Wildman–Crippen LogP) is 15.6. The molecule has 0 radical (unpaired) electrons. The minimum Gasteiger partial charge on any atom is -0.381 e. The van der Waals surface area contributed by atoms with Crippen LogP contribution in [0.3, 0.4) is 0 Å². The Balaban J connectivity index is 0.715. The molecule has 0 aromatic carbocycles. The lowest BCUT2D eigenvalue weighted by Gasteiger charge is -2.40. The fourth-order valence-corrected chi connectivity index (χ4v) is 13.0. The van der Waals surface area contributed by atoms with E-state index in [1.54, 1.807) is 88.2 Å². The van der Waals surface area contributed by atoms with E-state index in [9.17, 15) is 0 Å². The molecule has 6 aliphatic carbocycles. The van der Waals surface area contributed by atoms with Crippen molar-refractivity contribution in [1.82, 2.24) is 0 Å². The summed E-state index contributed by atoms with van der Waals surface area (Å²) in [6, 6.07) is 0. The summed E-state index contributed by atoms with van der Waals surface area (Å²) in [7, 11) is 0. The second-order valence-corrected chi connectivity index (χ2v) is 19.8. The maximum atomic E-state index is 6.06. The van der Waals surface area contributed by atoms with Gasteiger partial charge in [-0.05, 0) is 213 Å². The standard InChI is InChI=1S/C50H86O/c1-3-39-13-21-43(22-14-39)47-29-33-49(34-30-47)45-25-17-41(18-26-45)11-7-5-9-37-51-38-10-6-8-12-42-19-27-46(28-20-42)50-35-31-48(32-36-50)44-23-15-40(4-2)16-24-44/h17,19,39-40,43-50H,3-16,18,20-38H2,1-2H3. The van der Waals surface area contributed by atoms with E-state index >= 15 is 0 Å². The summed E-state index contributed by atoms with van der Waals surface area (Å²) in [6.45, 7) is 6.78. The minimum absolute atomic E-state index is 0.984. The van der Waals surface area contributed by atoms with Crippen LogP contribution in [0.1, 0.15) is 219 Å². The van der Waals surface area contributed by atoms with Gasteiger partial charge in [0.25, 0.3) is 0 Å². The van der Waals surface area contributed by atoms with Gasteiger partial charge in [-0.25, -0.2) is 0 Å². The van der Waals surface area contributed by atoms with Crippen molar-refractivity contribution < 1.29 is 4.74 Å². The van der Waals surface area contributed by atoms with Crippen LogP contribution in [0.15, 0.2) is 23.3 Å². The third-order valence-corrected chi connectivity index (χ3v) is 16.9. The number of rotatable bonds is 18. The van der Waals surface area contributed by atoms with Crippen molar-refractivity contribution in [3.8, 4) is 0 Å². The molecular formula is C50H86O. The maximum Gasteiger partial charge on any atom is 0.0466 e. The van der Waals surface area contributed by atoms with Crippen molar-refractivity contribution in [2.75, 3.05) is 13.2 Å². The largest absolute Gasteiger partial charge is 0.381 e. The van der Waals surface area contributed by atoms with E-state index in [1.165, 1.54) is 128 Å². The fourth-order valence-electron chi connectivity index (χ4n) is 13.0. The lowest BCUT2D eigenvalue weighted by atomic mass is 9.65. The van der Waals surface area contributed by atoms with Crippen molar-refractivity contribution in [3.05, 3.63) is 23.3 Å². The van der Waals surface area contributed by atoms with Crippen molar-refractivity contribution in [1.29, 1.82) is 0 Å². The van der Waals surface area contributed by atoms with Crippen LogP contribution in [0.25, 0.3) is 0 Å². The van der Waals surface area contributed by atoms with Gasteiger partial charge in [0.2, 0.25) is 0 Å². The van der Waals surface area contributed by atoms with E-state index in [0.717, 1.165) is 72.4 Å². The van der Waals surface area contributed by atoms with Crippen LogP contribution < -0.4 is 0 Å². The van der Waals surface area contributed by atoms with Crippen LogP contribution in [0.2, 0.25) is 0 Å². The van der Waals surface area contributed by atoms with Gasteiger partial charge in [-0.15, -0.1) is 0 Å². The molecule has 0 aliphatic heterocycles. The van der Waals surface area contributed by atoms with Gasteiger partial charge in [0.15, 0.2) is 0 Å². The molecule has 292 valence electrons. The summed E-state index contributed by atoms with van der Waals surface area (Å²) in [4.78, 5) is 0. The van der Waals surface area contributed by atoms with E-state index in [0.29, 0.717) is 0 Å². The van der Waals surface area contributed by atoms with Crippen LogP contribution in [0.4, 0.5) is 0 Å². The van der Waals surface area contributed by atoms with Crippen LogP contribution in [-0.4, -0.2) is 13.2 Å². The minimum atomic E-state index is 0.984. The first kappa shape index (κ1) is 40.1. The maximum absolute atomic E-state index is 6.06. The second kappa shape index (κ2) is 22.1. The van der Waals surface area contributed by atoms with Crippen molar-refractivity contribution in [3.63, 3.8) is 0 Å². The smallest absolute Gasteiger partial charge is 0.0466 e. The Morgan fingerprint density at radius 2 is 0.725 bits per heavy atom. The van der Waals surface area contributed by atoms with Gasteiger partial charge in [-0.3, -0.25) is 0 Å². The molecule has 0 heterocycles. The third kappa shape index (κ3) is 12.7. The molecule has 51 heavy (non-hydrogen) atoms. The van der Waals surface area contributed by atoms with Crippen LogP contribution in [-0.2, 0) is 4.74 Å². The average molecular weight is 703 g/mol. The molecule has 4 saturated carbocycles. The van der Waals surface area contributed by atoms with Crippen molar-refractivity contribution in [2.24, 2.45) is 59.2 Å². The Bertz CT molecular complexity index is 910. The van der Waals surface area contributed by atoms with Gasteiger partial charge in [0.05, 0.1) is 0 Å². The van der Waals surface area contributed by atoms with E-state index < -0.39 is 0 Å².